The molecule has 2 unspecified atom stereocenters. The van der Waals surface area contributed by atoms with Crippen molar-refractivity contribution < 1.29 is 4.74 Å². The molecule has 1 aliphatic carbocycles. The molecule has 0 radical (unpaired) electrons. The second-order valence-electron chi connectivity index (χ2n) is 4.41. The molecule has 2 heteroatoms. The largest absolute Gasteiger partial charge is 0.373 e. The molecule has 0 aromatic rings. The van der Waals surface area contributed by atoms with Gasteiger partial charge in [0.1, 0.15) is 0 Å². The lowest BCUT2D eigenvalue weighted by molar-refractivity contribution is -0.0349. The van der Waals surface area contributed by atoms with Crippen molar-refractivity contribution in [1.29, 1.82) is 0 Å². The van der Waals surface area contributed by atoms with Crippen molar-refractivity contribution in [2.75, 3.05) is 6.61 Å². The van der Waals surface area contributed by atoms with Crippen LogP contribution in [-0.2, 0) is 4.74 Å². The van der Waals surface area contributed by atoms with E-state index in [-0.39, 0.29) is 11.6 Å². The molecule has 1 saturated heterocycles. The quantitative estimate of drug-likeness (QED) is 0.648. The monoisotopic (exact) mass is 169 g/mol. The molecule has 2 aliphatic rings. The van der Waals surface area contributed by atoms with Gasteiger partial charge in [-0.3, -0.25) is 0 Å². The first-order valence-corrected chi connectivity index (χ1v) is 5.13. The van der Waals surface area contributed by atoms with Crippen molar-refractivity contribution in [3.05, 3.63) is 0 Å². The van der Waals surface area contributed by atoms with Crippen molar-refractivity contribution in [3.8, 4) is 0 Å². The number of nitrogens with two attached hydrogens (primary N) is 1. The molecule has 2 nitrogen and oxygen atoms in total. The lowest BCUT2D eigenvalue weighted by atomic mass is 9.82. The van der Waals surface area contributed by atoms with Gasteiger partial charge in [-0.25, -0.2) is 0 Å². The minimum atomic E-state index is 0.0104. The molecule has 1 saturated carbocycles. The number of rotatable bonds is 1. The van der Waals surface area contributed by atoms with Gasteiger partial charge in [-0.2, -0.15) is 0 Å². The van der Waals surface area contributed by atoms with E-state index in [2.05, 4.69) is 6.92 Å². The van der Waals surface area contributed by atoms with E-state index in [1.54, 1.807) is 0 Å². The van der Waals surface area contributed by atoms with Crippen molar-refractivity contribution in [1.82, 2.24) is 0 Å². The van der Waals surface area contributed by atoms with Crippen LogP contribution in [0.15, 0.2) is 0 Å². The molecule has 0 amide bonds. The predicted octanol–water partition coefficient (Wildman–Crippen LogP) is 1.68. The molecule has 2 N–H and O–H groups in total. The van der Waals surface area contributed by atoms with Gasteiger partial charge in [0.05, 0.1) is 5.60 Å². The van der Waals surface area contributed by atoms with Crippen molar-refractivity contribution in [3.63, 3.8) is 0 Å². The van der Waals surface area contributed by atoms with Crippen LogP contribution in [0.3, 0.4) is 0 Å². The van der Waals surface area contributed by atoms with Crippen molar-refractivity contribution in [2.24, 2.45) is 11.7 Å². The molecule has 2 fully saturated rings. The molecule has 2 atom stereocenters. The zero-order valence-corrected chi connectivity index (χ0v) is 7.88. The third-order valence-electron chi connectivity index (χ3n) is 3.74. The van der Waals surface area contributed by atoms with E-state index in [1.807, 2.05) is 0 Å². The fraction of sp³-hybridized carbons (Fsp3) is 1.00. The average molecular weight is 169 g/mol. The first-order valence-electron chi connectivity index (χ1n) is 5.13. The highest BCUT2D eigenvalue weighted by atomic mass is 16.5. The Morgan fingerprint density at radius 3 is 2.42 bits per heavy atom. The highest BCUT2D eigenvalue weighted by Crippen LogP contribution is 2.41. The maximum Gasteiger partial charge on any atom is 0.0833 e. The topological polar surface area (TPSA) is 35.2 Å². The molecule has 1 aliphatic heterocycles. The third kappa shape index (κ3) is 1.17. The Balaban J connectivity index is 2.07. The molecular weight excluding hydrogens is 150 g/mol. The summed E-state index contributed by atoms with van der Waals surface area (Å²) in [6.07, 6.45) is 6.44. The fourth-order valence-corrected chi connectivity index (χ4v) is 2.72. The van der Waals surface area contributed by atoms with Crippen LogP contribution in [0.5, 0.6) is 0 Å². The van der Waals surface area contributed by atoms with E-state index in [0.717, 1.165) is 18.9 Å². The fourth-order valence-electron chi connectivity index (χ4n) is 2.72. The van der Waals surface area contributed by atoms with Gasteiger partial charge < -0.3 is 10.5 Å². The summed E-state index contributed by atoms with van der Waals surface area (Å²) in [5, 5.41) is 0. The number of ether oxygens (including phenoxy) is 1. The maximum absolute atomic E-state index is 6.07. The first kappa shape index (κ1) is 8.52. The summed E-state index contributed by atoms with van der Waals surface area (Å²) in [5.41, 5.74) is 6.08. The van der Waals surface area contributed by atoms with Gasteiger partial charge in [0.2, 0.25) is 0 Å². The van der Waals surface area contributed by atoms with Crippen LogP contribution in [0.1, 0.15) is 39.0 Å². The van der Waals surface area contributed by atoms with Crippen LogP contribution in [0.25, 0.3) is 0 Å². The normalized spacial score (nSPS) is 44.0. The van der Waals surface area contributed by atoms with Crippen LogP contribution in [-0.4, -0.2) is 18.2 Å². The van der Waals surface area contributed by atoms with E-state index in [4.69, 9.17) is 10.5 Å². The first-order chi connectivity index (χ1) is 5.73. The molecule has 0 bridgehead atoms. The van der Waals surface area contributed by atoms with Gasteiger partial charge >= 0.3 is 0 Å². The molecule has 0 aromatic carbocycles. The highest BCUT2D eigenvalue weighted by Gasteiger charge is 2.45. The van der Waals surface area contributed by atoms with Crippen LogP contribution >= 0.6 is 0 Å². The number of hydrogen-bond donors (Lipinski definition) is 1. The molecule has 0 spiro atoms. The standard InChI is InChI=1S/C10H19NO/c1-10(8-4-2-3-5-8)9(11)6-7-12-10/h8-9H,2-7,11H2,1H3. The number of hydrogen-bond acceptors (Lipinski definition) is 2. The third-order valence-corrected chi connectivity index (χ3v) is 3.74. The summed E-state index contributed by atoms with van der Waals surface area (Å²) < 4.78 is 5.81. The minimum absolute atomic E-state index is 0.0104. The molecule has 12 heavy (non-hydrogen) atoms. The zero-order valence-electron chi connectivity index (χ0n) is 7.88. The SMILES string of the molecule is CC1(C2CCCC2)OCCC1N. The summed E-state index contributed by atoms with van der Waals surface area (Å²) in [6, 6.07) is 0.278. The van der Waals surface area contributed by atoms with Gasteiger partial charge in [-0.1, -0.05) is 12.8 Å². The summed E-state index contributed by atoms with van der Waals surface area (Å²) in [7, 11) is 0. The Labute approximate surface area is 74.5 Å². The summed E-state index contributed by atoms with van der Waals surface area (Å²) in [5.74, 6) is 0.731. The van der Waals surface area contributed by atoms with Crippen molar-refractivity contribution >= 4 is 0 Å². The average Bonchev–Trinajstić information content (AvgIpc) is 2.62. The Hall–Kier alpha value is -0.0800. The zero-order chi connectivity index (χ0) is 8.60. The highest BCUT2D eigenvalue weighted by molar-refractivity contribution is 4.98. The smallest absolute Gasteiger partial charge is 0.0833 e. The van der Waals surface area contributed by atoms with E-state index < -0.39 is 0 Å². The second-order valence-corrected chi connectivity index (χ2v) is 4.41. The van der Waals surface area contributed by atoms with Gasteiger partial charge in [0.15, 0.2) is 0 Å². The van der Waals surface area contributed by atoms with Gasteiger partial charge in [0, 0.05) is 12.6 Å². The molecular formula is C10H19NO. The van der Waals surface area contributed by atoms with E-state index in [0.29, 0.717) is 0 Å². The van der Waals surface area contributed by atoms with Crippen LogP contribution < -0.4 is 5.73 Å². The lowest BCUT2D eigenvalue weighted by Crippen LogP contribution is -2.47. The van der Waals surface area contributed by atoms with Gasteiger partial charge in [-0.15, -0.1) is 0 Å². The molecule has 0 aromatic heterocycles. The lowest BCUT2D eigenvalue weighted by Gasteiger charge is -2.34. The van der Waals surface area contributed by atoms with Crippen LogP contribution in [0.4, 0.5) is 0 Å². The van der Waals surface area contributed by atoms with E-state index in [1.165, 1.54) is 25.7 Å². The molecule has 70 valence electrons. The Morgan fingerprint density at radius 2 is 1.92 bits per heavy atom. The maximum atomic E-state index is 6.07. The Bertz CT molecular complexity index is 165. The Kier molecular flexibility index (Phi) is 2.13. The van der Waals surface area contributed by atoms with Crippen LogP contribution in [0, 0.1) is 5.92 Å². The molecule has 1 heterocycles. The van der Waals surface area contributed by atoms with Crippen molar-refractivity contribution in [2.45, 2.75) is 50.7 Å². The Morgan fingerprint density at radius 1 is 1.25 bits per heavy atom. The van der Waals surface area contributed by atoms with E-state index in [9.17, 15) is 0 Å². The van der Waals surface area contributed by atoms with Gasteiger partial charge in [-0.05, 0) is 32.1 Å². The minimum Gasteiger partial charge on any atom is -0.373 e. The molecule has 2 rings (SSSR count). The predicted molar refractivity (Wildman–Crippen MR) is 48.9 cm³/mol. The van der Waals surface area contributed by atoms with Gasteiger partial charge in [0.25, 0.3) is 0 Å². The van der Waals surface area contributed by atoms with Crippen LogP contribution in [0.2, 0.25) is 0 Å². The summed E-state index contributed by atoms with van der Waals surface area (Å²) in [4.78, 5) is 0. The van der Waals surface area contributed by atoms with E-state index >= 15 is 0 Å². The summed E-state index contributed by atoms with van der Waals surface area (Å²) in [6.45, 7) is 3.08. The summed E-state index contributed by atoms with van der Waals surface area (Å²) >= 11 is 0. The second kappa shape index (κ2) is 3.00.